The molecular weight excluding hydrogens is 353 g/mol. The fraction of sp³-hybridized carbons (Fsp3) is 0.250. The van der Waals surface area contributed by atoms with E-state index in [0.717, 1.165) is 10.7 Å². The average Bonchev–Trinajstić information content (AvgIpc) is 2.72. The molecule has 0 saturated carbocycles. The second kappa shape index (κ2) is 6.50. The molecule has 0 atom stereocenters. The van der Waals surface area contributed by atoms with Crippen molar-refractivity contribution in [3.8, 4) is 0 Å². The summed E-state index contributed by atoms with van der Waals surface area (Å²) in [4.78, 5) is 4.12. The smallest absolute Gasteiger partial charge is 0.244 e. The number of rotatable bonds is 5. The number of aryl methyl sites for hydroxylation is 1. The van der Waals surface area contributed by atoms with Gasteiger partial charge in [0.1, 0.15) is 4.90 Å². The highest BCUT2D eigenvalue weighted by atomic mass is 35.5. The Morgan fingerprint density at radius 3 is 2.67 bits per heavy atom. The van der Waals surface area contributed by atoms with E-state index in [1.165, 1.54) is 23.5 Å². The lowest BCUT2D eigenvalue weighted by Gasteiger charge is -2.10. The second-order valence-corrected chi connectivity index (χ2v) is 7.92. The van der Waals surface area contributed by atoms with Crippen LogP contribution in [0.2, 0.25) is 10.0 Å². The number of anilines is 1. The maximum absolute atomic E-state index is 12.2. The Kier molecular flexibility index (Phi) is 5.11. The number of hydrogen-bond donors (Lipinski definition) is 2. The number of nitrogen functional groups attached to an aromatic ring is 1. The summed E-state index contributed by atoms with van der Waals surface area (Å²) < 4.78 is 27.0. The quantitative estimate of drug-likeness (QED) is 0.797. The lowest BCUT2D eigenvalue weighted by Crippen LogP contribution is -2.27. The minimum Gasteiger partial charge on any atom is -0.398 e. The van der Waals surface area contributed by atoms with Crippen LogP contribution in [0.15, 0.2) is 22.4 Å². The van der Waals surface area contributed by atoms with E-state index in [1.807, 2.05) is 12.3 Å². The third kappa shape index (κ3) is 4.08. The first kappa shape index (κ1) is 16.5. The van der Waals surface area contributed by atoms with Crippen LogP contribution in [0, 0.1) is 6.92 Å². The molecule has 9 heteroatoms. The number of nitrogens with zero attached hydrogens (tertiary/aromatic N) is 1. The maximum atomic E-state index is 12.2. The van der Waals surface area contributed by atoms with E-state index in [0.29, 0.717) is 6.42 Å². The molecule has 1 aromatic carbocycles. The van der Waals surface area contributed by atoms with Gasteiger partial charge in [0.05, 0.1) is 21.4 Å². The van der Waals surface area contributed by atoms with Gasteiger partial charge in [0.25, 0.3) is 0 Å². The lowest BCUT2D eigenvalue weighted by atomic mass is 10.3. The topological polar surface area (TPSA) is 85.1 Å². The average molecular weight is 366 g/mol. The van der Waals surface area contributed by atoms with Gasteiger partial charge < -0.3 is 5.73 Å². The van der Waals surface area contributed by atoms with E-state index >= 15 is 0 Å². The molecule has 0 aliphatic heterocycles. The third-order valence-electron chi connectivity index (χ3n) is 2.65. The van der Waals surface area contributed by atoms with Crippen molar-refractivity contribution in [2.75, 3.05) is 12.3 Å². The largest absolute Gasteiger partial charge is 0.398 e. The van der Waals surface area contributed by atoms with Crippen LogP contribution in [0.5, 0.6) is 0 Å². The van der Waals surface area contributed by atoms with Crippen LogP contribution in [0.3, 0.4) is 0 Å². The van der Waals surface area contributed by atoms with Crippen molar-refractivity contribution in [3.63, 3.8) is 0 Å². The van der Waals surface area contributed by atoms with Crippen LogP contribution in [0.4, 0.5) is 5.69 Å². The van der Waals surface area contributed by atoms with E-state index in [1.54, 1.807) is 0 Å². The highest BCUT2D eigenvalue weighted by molar-refractivity contribution is 7.89. The summed E-state index contributed by atoms with van der Waals surface area (Å²) in [6.45, 7) is 2.11. The number of nitrogens with one attached hydrogen (secondary N) is 1. The Morgan fingerprint density at radius 2 is 2.10 bits per heavy atom. The molecule has 0 bridgehead atoms. The summed E-state index contributed by atoms with van der Waals surface area (Å²) >= 11 is 13.2. The zero-order chi connectivity index (χ0) is 15.6. The lowest BCUT2D eigenvalue weighted by molar-refractivity contribution is 0.582. The zero-order valence-corrected chi connectivity index (χ0v) is 14.2. The molecule has 21 heavy (non-hydrogen) atoms. The molecule has 114 valence electrons. The number of halogens is 2. The Morgan fingerprint density at radius 1 is 1.38 bits per heavy atom. The van der Waals surface area contributed by atoms with Gasteiger partial charge in [0, 0.05) is 23.4 Å². The standard InChI is InChI=1S/C12H13Cl2N3O2S2/c1-7-17-9(6-20-7)2-3-16-21(18,19)12-10(14)4-8(13)5-11(12)15/h4-6,16H,2-3,15H2,1H3. The number of sulfonamides is 1. The van der Waals surface area contributed by atoms with Crippen LogP contribution in [0.1, 0.15) is 10.7 Å². The van der Waals surface area contributed by atoms with Crippen molar-refractivity contribution in [1.29, 1.82) is 0 Å². The molecule has 1 aromatic heterocycles. The summed E-state index contributed by atoms with van der Waals surface area (Å²) in [5.41, 5.74) is 6.56. The fourth-order valence-corrected chi connectivity index (χ4v) is 4.43. The Bertz CT molecular complexity index is 737. The summed E-state index contributed by atoms with van der Waals surface area (Å²) in [7, 11) is -3.79. The Labute approximate surface area is 137 Å². The second-order valence-electron chi connectivity index (χ2n) is 4.31. The molecule has 2 aromatic rings. The van der Waals surface area contributed by atoms with Gasteiger partial charge in [-0.25, -0.2) is 18.1 Å². The number of thiazole rings is 1. The van der Waals surface area contributed by atoms with Crippen molar-refractivity contribution in [3.05, 3.63) is 38.3 Å². The molecule has 0 saturated heterocycles. The van der Waals surface area contributed by atoms with Crippen LogP contribution in [0.25, 0.3) is 0 Å². The molecule has 0 aliphatic rings. The minimum absolute atomic E-state index is 0.00278. The number of hydrogen-bond acceptors (Lipinski definition) is 5. The molecule has 0 amide bonds. The highest BCUT2D eigenvalue weighted by Crippen LogP contribution is 2.30. The number of aromatic nitrogens is 1. The SMILES string of the molecule is Cc1nc(CCNS(=O)(=O)c2c(N)cc(Cl)cc2Cl)cs1. The molecule has 3 N–H and O–H groups in total. The summed E-state index contributed by atoms with van der Waals surface area (Å²) in [5.74, 6) is 0. The molecule has 0 spiro atoms. The molecule has 5 nitrogen and oxygen atoms in total. The van der Waals surface area contributed by atoms with Crippen LogP contribution in [-0.4, -0.2) is 19.9 Å². The first-order valence-corrected chi connectivity index (χ1v) is 9.06. The van der Waals surface area contributed by atoms with Crippen molar-refractivity contribution < 1.29 is 8.42 Å². The van der Waals surface area contributed by atoms with Crippen LogP contribution >= 0.6 is 34.5 Å². The fourth-order valence-electron chi connectivity index (χ4n) is 1.77. The predicted octanol–water partition coefficient (Wildman–Crippen LogP) is 2.86. The number of benzene rings is 1. The van der Waals surface area contributed by atoms with Crippen molar-refractivity contribution in [2.24, 2.45) is 0 Å². The maximum Gasteiger partial charge on any atom is 0.244 e. The monoisotopic (exact) mass is 365 g/mol. The minimum atomic E-state index is -3.79. The molecule has 0 unspecified atom stereocenters. The number of nitrogens with two attached hydrogens (primary N) is 1. The highest BCUT2D eigenvalue weighted by Gasteiger charge is 2.21. The van der Waals surface area contributed by atoms with E-state index in [2.05, 4.69) is 9.71 Å². The van der Waals surface area contributed by atoms with E-state index in [-0.39, 0.29) is 27.2 Å². The van der Waals surface area contributed by atoms with Gasteiger partial charge in [-0.3, -0.25) is 0 Å². The van der Waals surface area contributed by atoms with Gasteiger partial charge in [-0.2, -0.15) is 0 Å². The van der Waals surface area contributed by atoms with E-state index < -0.39 is 10.0 Å². The summed E-state index contributed by atoms with van der Waals surface area (Å²) in [6, 6.07) is 2.70. The Balaban J connectivity index is 2.12. The van der Waals surface area contributed by atoms with E-state index in [4.69, 9.17) is 28.9 Å². The van der Waals surface area contributed by atoms with Gasteiger partial charge in [-0.1, -0.05) is 23.2 Å². The van der Waals surface area contributed by atoms with E-state index in [9.17, 15) is 8.42 Å². The molecular formula is C12H13Cl2N3O2S2. The van der Waals surface area contributed by atoms with Gasteiger partial charge in [-0.15, -0.1) is 11.3 Å². The zero-order valence-electron chi connectivity index (χ0n) is 11.1. The van der Waals surface area contributed by atoms with Gasteiger partial charge >= 0.3 is 0 Å². The van der Waals surface area contributed by atoms with Crippen molar-refractivity contribution in [1.82, 2.24) is 9.71 Å². The van der Waals surface area contributed by atoms with Crippen LogP contribution in [-0.2, 0) is 16.4 Å². The van der Waals surface area contributed by atoms with Crippen LogP contribution < -0.4 is 10.5 Å². The van der Waals surface area contributed by atoms with Gasteiger partial charge in [-0.05, 0) is 19.1 Å². The normalized spacial score (nSPS) is 11.8. The Hall–Kier alpha value is -0.860. The van der Waals surface area contributed by atoms with Gasteiger partial charge in [0.2, 0.25) is 10.0 Å². The first-order chi connectivity index (χ1) is 9.79. The molecule has 0 aliphatic carbocycles. The third-order valence-corrected chi connectivity index (χ3v) is 5.67. The molecule has 1 heterocycles. The molecule has 0 fully saturated rings. The van der Waals surface area contributed by atoms with Crippen molar-refractivity contribution >= 4 is 50.2 Å². The predicted molar refractivity (Wildman–Crippen MR) is 86.6 cm³/mol. The molecule has 0 radical (unpaired) electrons. The first-order valence-electron chi connectivity index (χ1n) is 5.95. The van der Waals surface area contributed by atoms with Crippen molar-refractivity contribution in [2.45, 2.75) is 18.2 Å². The summed E-state index contributed by atoms with van der Waals surface area (Å²) in [5, 5.41) is 3.12. The molecule has 2 rings (SSSR count). The summed E-state index contributed by atoms with van der Waals surface area (Å²) in [6.07, 6.45) is 0.495. The van der Waals surface area contributed by atoms with Gasteiger partial charge in [0.15, 0.2) is 0 Å².